The first-order valence-electron chi connectivity index (χ1n) is 7.79. The van der Waals surface area contributed by atoms with Crippen LogP contribution < -0.4 is 0 Å². The van der Waals surface area contributed by atoms with Crippen molar-refractivity contribution in [3.8, 4) is 5.82 Å². The lowest BCUT2D eigenvalue weighted by atomic mass is 9.95. The summed E-state index contributed by atoms with van der Waals surface area (Å²) in [5.74, 6) is -1.91. The fourth-order valence-electron chi connectivity index (χ4n) is 2.99. The molecule has 0 radical (unpaired) electrons. The summed E-state index contributed by atoms with van der Waals surface area (Å²) in [6.07, 6.45) is -2.61. The molecule has 0 aliphatic carbocycles. The number of hydrogen-bond acceptors (Lipinski definition) is 4. The summed E-state index contributed by atoms with van der Waals surface area (Å²) in [5.41, 5.74) is -2.24. The second-order valence-electron chi connectivity index (χ2n) is 6.46. The Bertz CT molecular complexity index is 830. The molecule has 0 aromatic carbocycles. The quantitative estimate of drug-likeness (QED) is 0.821. The number of fused-ring (bicyclic) bond motifs is 1. The van der Waals surface area contributed by atoms with Gasteiger partial charge in [-0.1, -0.05) is 6.92 Å². The van der Waals surface area contributed by atoms with Gasteiger partial charge in [-0.3, -0.25) is 4.79 Å². The van der Waals surface area contributed by atoms with E-state index in [9.17, 15) is 27.5 Å². The van der Waals surface area contributed by atoms with E-state index >= 15 is 0 Å². The molecule has 1 N–H and O–H groups in total. The van der Waals surface area contributed by atoms with Crippen LogP contribution in [0.15, 0.2) is 24.5 Å². The van der Waals surface area contributed by atoms with Crippen molar-refractivity contribution in [1.29, 1.82) is 0 Å². The van der Waals surface area contributed by atoms with Crippen LogP contribution in [0.4, 0.5) is 17.6 Å². The Balaban J connectivity index is 1.91. The largest absolute Gasteiger partial charge is 0.426 e. The molecule has 0 bridgehead atoms. The number of hydrogen-bond donors (Lipinski definition) is 1. The van der Waals surface area contributed by atoms with Crippen LogP contribution in [0.1, 0.15) is 31.0 Å². The Morgan fingerprint density at radius 2 is 2.00 bits per heavy atom. The van der Waals surface area contributed by atoms with E-state index in [1.54, 1.807) is 6.92 Å². The van der Waals surface area contributed by atoms with Gasteiger partial charge in [-0.05, 0) is 19.1 Å². The van der Waals surface area contributed by atoms with Gasteiger partial charge in [-0.15, -0.1) is 0 Å². The molecule has 2 aromatic heterocycles. The predicted octanol–water partition coefficient (Wildman–Crippen LogP) is 2.17. The van der Waals surface area contributed by atoms with Crippen molar-refractivity contribution in [3.05, 3.63) is 41.6 Å². The van der Waals surface area contributed by atoms with Crippen LogP contribution in [0.25, 0.3) is 5.82 Å². The minimum absolute atomic E-state index is 0.0229. The molecule has 0 saturated heterocycles. The molecule has 1 amide bonds. The van der Waals surface area contributed by atoms with Crippen molar-refractivity contribution >= 4 is 5.91 Å². The number of halogens is 4. The first-order valence-corrected chi connectivity index (χ1v) is 7.79. The number of rotatable bonds is 2. The van der Waals surface area contributed by atoms with Crippen LogP contribution in [-0.4, -0.2) is 49.0 Å². The zero-order valence-electron chi connectivity index (χ0n) is 14.0. The van der Waals surface area contributed by atoms with Gasteiger partial charge in [0, 0.05) is 24.6 Å². The van der Waals surface area contributed by atoms with E-state index in [-0.39, 0.29) is 19.0 Å². The molecule has 140 valence electrons. The number of carbonyl (C=O) groups excluding carboxylic acids is 1. The molecule has 2 atom stereocenters. The Hall–Kier alpha value is -2.49. The molecule has 0 spiro atoms. The van der Waals surface area contributed by atoms with Crippen LogP contribution in [0.5, 0.6) is 0 Å². The highest BCUT2D eigenvalue weighted by molar-refractivity contribution is 5.85. The minimum atomic E-state index is -5.07. The summed E-state index contributed by atoms with van der Waals surface area (Å²) < 4.78 is 53.3. The zero-order chi connectivity index (χ0) is 19.3. The van der Waals surface area contributed by atoms with E-state index in [1.165, 1.54) is 23.0 Å². The summed E-state index contributed by atoms with van der Waals surface area (Å²) in [6, 6.07) is 2.65. The SMILES string of the molecule is C[C@@H]1CN(C(=O)[C@@](C)(O)C(F)(F)F)Cc2cnn(-c3ccc(F)cn3)c21. The first-order chi connectivity index (χ1) is 12.0. The van der Waals surface area contributed by atoms with Gasteiger partial charge in [-0.25, -0.2) is 14.1 Å². The third kappa shape index (κ3) is 2.94. The lowest BCUT2D eigenvalue weighted by Gasteiger charge is -2.36. The van der Waals surface area contributed by atoms with Crippen LogP contribution in [0.2, 0.25) is 0 Å². The Kier molecular flexibility index (Phi) is 4.26. The van der Waals surface area contributed by atoms with Crippen molar-refractivity contribution in [3.63, 3.8) is 0 Å². The third-order valence-electron chi connectivity index (χ3n) is 4.39. The van der Waals surface area contributed by atoms with Crippen LogP contribution >= 0.6 is 0 Å². The monoisotopic (exact) mass is 372 g/mol. The summed E-state index contributed by atoms with van der Waals surface area (Å²) in [7, 11) is 0. The Morgan fingerprint density at radius 3 is 2.58 bits per heavy atom. The van der Waals surface area contributed by atoms with Crippen molar-refractivity contribution in [2.75, 3.05) is 6.54 Å². The topological polar surface area (TPSA) is 71.2 Å². The highest BCUT2D eigenvalue weighted by Gasteiger charge is 2.57. The number of alkyl halides is 3. The zero-order valence-corrected chi connectivity index (χ0v) is 14.0. The molecular weight excluding hydrogens is 356 g/mol. The van der Waals surface area contributed by atoms with Crippen molar-refractivity contribution < 1.29 is 27.5 Å². The minimum Gasteiger partial charge on any atom is -0.373 e. The molecule has 26 heavy (non-hydrogen) atoms. The number of pyridine rings is 1. The molecule has 3 rings (SSSR count). The maximum Gasteiger partial charge on any atom is 0.426 e. The van der Waals surface area contributed by atoms with Gasteiger partial charge in [0.1, 0.15) is 5.82 Å². The third-order valence-corrected chi connectivity index (χ3v) is 4.39. The highest BCUT2D eigenvalue weighted by Crippen LogP contribution is 2.35. The predicted molar refractivity (Wildman–Crippen MR) is 81.8 cm³/mol. The van der Waals surface area contributed by atoms with Crippen LogP contribution in [0.3, 0.4) is 0 Å². The second-order valence-corrected chi connectivity index (χ2v) is 6.46. The van der Waals surface area contributed by atoms with Gasteiger partial charge in [0.15, 0.2) is 5.82 Å². The fourth-order valence-corrected chi connectivity index (χ4v) is 2.99. The molecule has 0 unspecified atom stereocenters. The number of carbonyl (C=O) groups is 1. The van der Waals surface area contributed by atoms with E-state index in [1.807, 2.05) is 0 Å². The number of aromatic nitrogens is 3. The Labute approximate surface area is 146 Å². The summed E-state index contributed by atoms with van der Waals surface area (Å²) in [6.45, 7) is 2.03. The lowest BCUT2D eigenvalue weighted by Crippen LogP contribution is -2.57. The van der Waals surface area contributed by atoms with Gasteiger partial charge in [-0.2, -0.15) is 18.3 Å². The van der Waals surface area contributed by atoms with Gasteiger partial charge >= 0.3 is 6.18 Å². The fraction of sp³-hybridized carbons (Fsp3) is 0.438. The number of nitrogens with zero attached hydrogens (tertiary/aromatic N) is 4. The first kappa shape index (κ1) is 18.3. The molecular formula is C16H16F4N4O2. The average molecular weight is 372 g/mol. The second kappa shape index (κ2) is 6.04. The molecule has 1 aliphatic rings. The van der Waals surface area contributed by atoms with E-state index in [0.717, 1.165) is 11.1 Å². The molecule has 3 heterocycles. The van der Waals surface area contributed by atoms with Gasteiger partial charge < -0.3 is 10.0 Å². The normalized spacial score (nSPS) is 19.8. The summed E-state index contributed by atoms with van der Waals surface area (Å²) >= 11 is 0. The summed E-state index contributed by atoms with van der Waals surface area (Å²) in [4.78, 5) is 17.1. The molecule has 0 saturated carbocycles. The average Bonchev–Trinajstić information content (AvgIpc) is 2.98. The molecule has 1 aliphatic heterocycles. The van der Waals surface area contributed by atoms with E-state index < -0.39 is 23.5 Å². The standard InChI is InChI=1S/C16H16F4N4O2/c1-9-7-23(14(25)15(2,26)16(18,19)20)8-10-5-22-24(13(9)10)12-4-3-11(17)6-21-12/h3-6,9,26H,7-8H2,1-2H3/t9-,15-/m1/s1. The molecule has 0 fully saturated rings. The van der Waals surface area contributed by atoms with Crippen molar-refractivity contribution in [2.24, 2.45) is 0 Å². The maximum absolute atomic E-state index is 13.0. The van der Waals surface area contributed by atoms with Crippen molar-refractivity contribution in [2.45, 2.75) is 38.1 Å². The maximum atomic E-state index is 13.0. The Morgan fingerprint density at radius 1 is 1.31 bits per heavy atom. The number of aliphatic hydroxyl groups is 1. The summed E-state index contributed by atoms with van der Waals surface area (Å²) in [5, 5.41) is 13.8. The van der Waals surface area contributed by atoms with Gasteiger partial charge in [0.2, 0.25) is 5.60 Å². The van der Waals surface area contributed by atoms with Crippen LogP contribution in [-0.2, 0) is 11.3 Å². The van der Waals surface area contributed by atoms with Gasteiger partial charge in [0.25, 0.3) is 5.91 Å². The van der Waals surface area contributed by atoms with E-state index in [2.05, 4.69) is 10.1 Å². The molecule has 10 heteroatoms. The molecule has 6 nitrogen and oxygen atoms in total. The highest BCUT2D eigenvalue weighted by atomic mass is 19.4. The van der Waals surface area contributed by atoms with Gasteiger partial charge in [0.05, 0.1) is 18.1 Å². The lowest BCUT2D eigenvalue weighted by molar-refractivity contribution is -0.250. The van der Waals surface area contributed by atoms with Crippen molar-refractivity contribution in [1.82, 2.24) is 19.7 Å². The van der Waals surface area contributed by atoms with E-state index in [4.69, 9.17) is 0 Å². The van der Waals surface area contributed by atoms with E-state index in [0.29, 0.717) is 24.0 Å². The smallest absolute Gasteiger partial charge is 0.373 e. The molecule has 2 aromatic rings. The van der Waals surface area contributed by atoms with Crippen LogP contribution in [0, 0.1) is 5.82 Å². The number of amides is 1.